The molecule has 6 heteroatoms. The molecule has 1 heterocycles. The van der Waals surface area contributed by atoms with Crippen LogP contribution in [0.3, 0.4) is 0 Å². The van der Waals surface area contributed by atoms with E-state index in [1.54, 1.807) is 16.4 Å². The lowest BCUT2D eigenvalue weighted by atomic mass is 9.99. The highest BCUT2D eigenvalue weighted by atomic mass is 32.2. The van der Waals surface area contributed by atoms with Gasteiger partial charge in [0, 0.05) is 13.1 Å². The third kappa shape index (κ3) is 3.99. The maximum absolute atomic E-state index is 13.4. The van der Waals surface area contributed by atoms with Crippen LogP contribution in [-0.4, -0.2) is 57.5 Å². The maximum atomic E-state index is 13.4. The molecule has 2 aromatic rings. The largest absolute Gasteiger partial charge is 0.373 e. The van der Waals surface area contributed by atoms with Crippen LogP contribution in [0.4, 0.5) is 0 Å². The first kappa shape index (κ1) is 19.0. The first-order chi connectivity index (χ1) is 12.4. The summed E-state index contributed by atoms with van der Waals surface area (Å²) < 4.78 is 34.3. The molecule has 1 aliphatic heterocycles. The van der Waals surface area contributed by atoms with Crippen LogP contribution in [0.2, 0.25) is 0 Å². The Morgan fingerprint density at radius 1 is 1.08 bits per heavy atom. The number of ether oxygens (including phenoxy) is 1. The average molecular weight is 375 g/mol. The van der Waals surface area contributed by atoms with Gasteiger partial charge in [0.2, 0.25) is 10.0 Å². The van der Waals surface area contributed by atoms with Crippen molar-refractivity contribution in [1.82, 2.24) is 9.21 Å². The van der Waals surface area contributed by atoms with Crippen LogP contribution in [-0.2, 0) is 14.8 Å². The molecule has 26 heavy (non-hydrogen) atoms. The highest BCUT2D eigenvalue weighted by Crippen LogP contribution is 2.34. The van der Waals surface area contributed by atoms with Gasteiger partial charge in [0.15, 0.2) is 0 Å². The Morgan fingerprint density at radius 2 is 1.73 bits per heavy atom. The van der Waals surface area contributed by atoms with Gasteiger partial charge in [-0.05, 0) is 38.7 Å². The number of likely N-dealkylation sites (N-methyl/N-ethyl adjacent to an activating group) is 1. The van der Waals surface area contributed by atoms with E-state index in [0.717, 1.165) is 11.1 Å². The fourth-order valence-electron chi connectivity index (χ4n) is 3.37. The van der Waals surface area contributed by atoms with E-state index in [0.29, 0.717) is 24.6 Å². The molecule has 140 valence electrons. The second kappa shape index (κ2) is 7.88. The summed E-state index contributed by atoms with van der Waals surface area (Å²) in [5, 5.41) is 0. The van der Waals surface area contributed by atoms with Gasteiger partial charge in [-0.15, -0.1) is 0 Å². The average Bonchev–Trinajstić information content (AvgIpc) is 2.62. The summed E-state index contributed by atoms with van der Waals surface area (Å²) in [5.41, 5.74) is 1.99. The number of rotatable bonds is 5. The molecule has 0 aliphatic carbocycles. The standard InChI is InChI=1S/C20H26N2O3S/c1-16-9-11-18(12-10-16)26(23,24)22-13-14-25-19(15-21(2)3)20(22)17-7-5-4-6-8-17/h4-12,19-20H,13-15H2,1-3H3/t19-,20-/m0/s1. The Morgan fingerprint density at radius 3 is 2.35 bits per heavy atom. The van der Waals surface area contributed by atoms with Gasteiger partial charge < -0.3 is 9.64 Å². The molecule has 1 aliphatic rings. The molecule has 1 fully saturated rings. The third-order valence-corrected chi connectivity index (χ3v) is 6.51. The van der Waals surface area contributed by atoms with E-state index in [4.69, 9.17) is 4.74 Å². The molecule has 0 N–H and O–H groups in total. The summed E-state index contributed by atoms with van der Waals surface area (Å²) in [6.07, 6.45) is -0.221. The van der Waals surface area contributed by atoms with E-state index >= 15 is 0 Å². The lowest BCUT2D eigenvalue weighted by Gasteiger charge is -2.41. The van der Waals surface area contributed by atoms with Crippen LogP contribution in [0.1, 0.15) is 17.2 Å². The van der Waals surface area contributed by atoms with E-state index in [9.17, 15) is 8.42 Å². The van der Waals surface area contributed by atoms with E-state index in [1.165, 1.54) is 0 Å². The van der Waals surface area contributed by atoms with E-state index < -0.39 is 10.0 Å². The molecule has 0 amide bonds. The van der Waals surface area contributed by atoms with Crippen LogP contribution in [0.15, 0.2) is 59.5 Å². The lowest BCUT2D eigenvalue weighted by molar-refractivity contribution is -0.0514. The molecular weight excluding hydrogens is 348 g/mol. The van der Waals surface area contributed by atoms with Crippen LogP contribution >= 0.6 is 0 Å². The topological polar surface area (TPSA) is 49.9 Å². The minimum Gasteiger partial charge on any atom is -0.373 e. The van der Waals surface area contributed by atoms with Crippen molar-refractivity contribution >= 4 is 10.0 Å². The summed E-state index contributed by atoms with van der Waals surface area (Å²) >= 11 is 0. The molecule has 0 radical (unpaired) electrons. The summed E-state index contributed by atoms with van der Waals surface area (Å²) in [6, 6.07) is 16.4. The molecule has 1 saturated heterocycles. The van der Waals surface area contributed by atoms with Gasteiger partial charge in [-0.25, -0.2) is 8.42 Å². The smallest absolute Gasteiger partial charge is 0.243 e. The van der Waals surface area contributed by atoms with Crippen molar-refractivity contribution < 1.29 is 13.2 Å². The molecule has 0 aromatic heterocycles. The van der Waals surface area contributed by atoms with Crippen molar-refractivity contribution in [3.63, 3.8) is 0 Å². The lowest BCUT2D eigenvalue weighted by Crippen LogP contribution is -2.51. The predicted molar refractivity (Wildman–Crippen MR) is 103 cm³/mol. The van der Waals surface area contributed by atoms with Crippen LogP contribution in [0.5, 0.6) is 0 Å². The number of hydrogen-bond acceptors (Lipinski definition) is 4. The van der Waals surface area contributed by atoms with Crippen molar-refractivity contribution in [2.75, 3.05) is 33.8 Å². The highest BCUT2D eigenvalue weighted by Gasteiger charge is 2.40. The molecule has 2 atom stereocenters. The highest BCUT2D eigenvalue weighted by molar-refractivity contribution is 7.89. The Kier molecular flexibility index (Phi) is 5.77. The van der Waals surface area contributed by atoms with Gasteiger partial charge in [0.1, 0.15) is 0 Å². The normalized spacial score (nSPS) is 21.8. The number of sulfonamides is 1. The van der Waals surface area contributed by atoms with Crippen LogP contribution < -0.4 is 0 Å². The second-order valence-electron chi connectivity index (χ2n) is 6.96. The number of aryl methyl sites for hydroxylation is 1. The Labute approximate surface area is 156 Å². The summed E-state index contributed by atoms with van der Waals surface area (Å²) in [7, 11) is 0.332. The van der Waals surface area contributed by atoms with Gasteiger partial charge in [-0.3, -0.25) is 0 Å². The number of morpholine rings is 1. The maximum Gasteiger partial charge on any atom is 0.243 e. The number of hydrogen-bond donors (Lipinski definition) is 0. The molecular formula is C20H26N2O3S. The van der Waals surface area contributed by atoms with Gasteiger partial charge in [0.05, 0.1) is 23.6 Å². The quantitative estimate of drug-likeness (QED) is 0.807. The van der Waals surface area contributed by atoms with Crippen molar-refractivity contribution in [2.24, 2.45) is 0 Å². The minimum absolute atomic E-state index is 0.221. The predicted octanol–water partition coefficient (Wildman–Crippen LogP) is 2.69. The molecule has 0 saturated carbocycles. The van der Waals surface area contributed by atoms with Gasteiger partial charge in [-0.2, -0.15) is 4.31 Å². The van der Waals surface area contributed by atoms with Gasteiger partial charge >= 0.3 is 0 Å². The molecule has 0 unspecified atom stereocenters. The van der Waals surface area contributed by atoms with Crippen LogP contribution in [0, 0.1) is 6.92 Å². The fourth-order valence-corrected chi connectivity index (χ4v) is 4.99. The first-order valence-corrected chi connectivity index (χ1v) is 10.2. The van der Waals surface area contributed by atoms with E-state index in [1.807, 2.05) is 68.4 Å². The summed E-state index contributed by atoms with van der Waals surface area (Å²) in [6.45, 7) is 3.34. The molecule has 3 rings (SSSR count). The van der Waals surface area contributed by atoms with E-state index in [2.05, 4.69) is 0 Å². The fraction of sp³-hybridized carbons (Fsp3) is 0.400. The summed E-state index contributed by atoms with van der Waals surface area (Å²) in [5.74, 6) is 0. The van der Waals surface area contributed by atoms with Crippen molar-refractivity contribution in [2.45, 2.75) is 24.0 Å². The zero-order chi connectivity index (χ0) is 18.7. The molecule has 0 spiro atoms. The molecule has 0 bridgehead atoms. The second-order valence-corrected chi connectivity index (χ2v) is 8.85. The Bertz CT molecular complexity index is 820. The molecule has 2 aromatic carbocycles. The van der Waals surface area contributed by atoms with Crippen molar-refractivity contribution in [3.05, 3.63) is 65.7 Å². The monoisotopic (exact) mass is 374 g/mol. The first-order valence-electron chi connectivity index (χ1n) is 8.79. The zero-order valence-corrected chi connectivity index (χ0v) is 16.3. The van der Waals surface area contributed by atoms with Crippen LogP contribution in [0.25, 0.3) is 0 Å². The Balaban J connectivity index is 2.03. The van der Waals surface area contributed by atoms with Gasteiger partial charge in [-0.1, -0.05) is 48.0 Å². The van der Waals surface area contributed by atoms with Crippen molar-refractivity contribution in [1.29, 1.82) is 0 Å². The van der Waals surface area contributed by atoms with E-state index in [-0.39, 0.29) is 12.1 Å². The number of benzene rings is 2. The van der Waals surface area contributed by atoms with Crippen molar-refractivity contribution in [3.8, 4) is 0 Å². The third-order valence-electron chi connectivity index (χ3n) is 4.62. The number of nitrogens with zero attached hydrogens (tertiary/aromatic N) is 2. The Hall–Kier alpha value is -1.73. The van der Waals surface area contributed by atoms with Gasteiger partial charge in [0.25, 0.3) is 0 Å². The zero-order valence-electron chi connectivity index (χ0n) is 15.5. The SMILES string of the molecule is Cc1ccc(S(=O)(=O)N2CCO[C@@H](CN(C)C)[C@@H]2c2ccccc2)cc1. The summed E-state index contributed by atoms with van der Waals surface area (Å²) in [4.78, 5) is 2.36. The minimum atomic E-state index is -3.61. The molecule has 5 nitrogen and oxygen atoms in total.